The van der Waals surface area contributed by atoms with Crippen LogP contribution in [0.3, 0.4) is 0 Å². The Morgan fingerprint density at radius 1 is 1.40 bits per heavy atom. The number of nitrogens with one attached hydrogen (secondary N) is 1. The molecule has 0 aromatic heterocycles. The lowest BCUT2D eigenvalue weighted by atomic mass is 10.0. The second-order valence-electron chi connectivity index (χ2n) is 4.33. The number of hydroxylamine groups is 1. The number of rotatable bonds is 7. The van der Waals surface area contributed by atoms with Crippen LogP contribution in [0.15, 0.2) is 35.9 Å². The molecule has 1 amide bonds. The topological polar surface area (TPSA) is 99.0 Å². The van der Waals surface area contributed by atoms with Gasteiger partial charge < -0.3 is 14.9 Å². The van der Waals surface area contributed by atoms with E-state index in [0.29, 0.717) is 16.9 Å². The first kappa shape index (κ1) is 16.2. The number of carbonyl (C=O) groups excluding carboxylic acids is 1. The molecule has 1 aromatic carbocycles. The summed E-state index contributed by atoms with van der Waals surface area (Å²) in [5.41, 5.74) is 2.84. The van der Waals surface area contributed by atoms with Gasteiger partial charge in [0, 0.05) is 6.08 Å². The van der Waals surface area contributed by atoms with Crippen LogP contribution in [0.2, 0.25) is 0 Å². The van der Waals surface area contributed by atoms with Gasteiger partial charge in [-0.1, -0.05) is 17.7 Å². The van der Waals surface area contributed by atoms with E-state index in [4.69, 9.17) is 15.1 Å². The van der Waals surface area contributed by atoms with Crippen LogP contribution in [0.4, 0.5) is 0 Å². The van der Waals surface area contributed by atoms with E-state index in [1.54, 1.807) is 31.2 Å². The monoisotopic (exact) mass is 281 g/mol. The molecule has 0 aliphatic heterocycles. The maximum atomic E-state index is 10.9. The Labute approximate surface area is 117 Å². The molecule has 0 bridgehead atoms. The van der Waals surface area contributed by atoms with Gasteiger partial charge in [-0.05, 0) is 31.0 Å². The lowest BCUT2D eigenvalue weighted by molar-refractivity contribution is -0.124. The van der Waals surface area contributed by atoms with Crippen LogP contribution in [-0.2, 0) is 4.79 Å². The molecule has 0 fully saturated rings. The normalized spacial score (nSPS) is 12.9. The van der Waals surface area contributed by atoms with Gasteiger partial charge in [0.05, 0.1) is 12.7 Å². The van der Waals surface area contributed by atoms with Crippen molar-refractivity contribution >= 4 is 5.91 Å². The predicted molar refractivity (Wildman–Crippen MR) is 72.3 cm³/mol. The average molecular weight is 281 g/mol. The number of carbonyl (C=O) groups is 1. The van der Waals surface area contributed by atoms with Gasteiger partial charge in [0.15, 0.2) is 0 Å². The van der Waals surface area contributed by atoms with Crippen LogP contribution >= 0.6 is 0 Å². The van der Waals surface area contributed by atoms with Crippen molar-refractivity contribution in [1.29, 1.82) is 0 Å². The van der Waals surface area contributed by atoms with Crippen molar-refractivity contribution in [2.45, 2.75) is 19.4 Å². The highest BCUT2D eigenvalue weighted by Gasteiger charge is 2.09. The van der Waals surface area contributed by atoms with Crippen molar-refractivity contribution in [2.75, 3.05) is 13.2 Å². The first-order valence-electron chi connectivity index (χ1n) is 6.19. The number of amides is 1. The molecule has 6 heteroatoms. The van der Waals surface area contributed by atoms with E-state index >= 15 is 0 Å². The number of benzene rings is 1. The molecule has 0 heterocycles. The lowest BCUT2D eigenvalue weighted by Gasteiger charge is -2.12. The third-order valence-corrected chi connectivity index (χ3v) is 2.63. The minimum absolute atomic E-state index is 0.0543. The minimum Gasteiger partial charge on any atom is -0.491 e. The quantitative estimate of drug-likeness (QED) is 0.338. The van der Waals surface area contributed by atoms with Crippen LogP contribution in [0, 0.1) is 0 Å². The van der Waals surface area contributed by atoms with Gasteiger partial charge in [0.1, 0.15) is 12.4 Å². The molecule has 0 aliphatic rings. The third-order valence-electron chi connectivity index (χ3n) is 2.63. The fourth-order valence-electron chi connectivity index (χ4n) is 1.69. The Morgan fingerprint density at radius 2 is 2.05 bits per heavy atom. The summed E-state index contributed by atoms with van der Waals surface area (Å²) in [4.78, 5) is 10.9. The summed E-state index contributed by atoms with van der Waals surface area (Å²) in [5, 5.41) is 27.1. The maximum absolute atomic E-state index is 10.9. The summed E-state index contributed by atoms with van der Waals surface area (Å²) in [6.07, 6.45) is 0.760. The van der Waals surface area contributed by atoms with Gasteiger partial charge in [0.2, 0.25) is 0 Å². The van der Waals surface area contributed by atoms with Crippen molar-refractivity contribution in [2.24, 2.45) is 0 Å². The van der Waals surface area contributed by atoms with Crippen molar-refractivity contribution in [3.05, 3.63) is 41.5 Å². The number of aliphatic hydroxyl groups is 2. The van der Waals surface area contributed by atoms with E-state index in [1.165, 1.54) is 11.6 Å². The molecule has 1 rings (SSSR count). The number of aliphatic hydroxyl groups excluding tert-OH is 2. The van der Waals surface area contributed by atoms with Crippen molar-refractivity contribution in [1.82, 2.24) is 5.48 Å². The lowest BCUT2D eigenvalue weighted by Crippen LogP contribution is -2.16. The summed E-state index contributed by atoms with van der Waals surface area (Å²) < 4.78 is 5.21. The Balaban J connectivity index is 2.61. The molecule has 1 atom stereocenters. The minimum atomic E-state index is -0.746. The smallest absolute Gasteiger partial charge is 0.267 e. The molecular weight excluding hydrogens is 262 g/mol. The number of ether oxygens (including phenoxy) is 1. The third kappa shape index (κ3) is 5.40. The van der Waals surface area contributed by atoms with Crippen molar-refractivity contribution in [3.8, 4) is 5.75 Å². The summed E-state index contributed by atoms with van der Waals surface area (Å²) in [6.45, 7) is 1.86. The predicted octanol–water partition coefficient (Wildman–Crippen LogP) is 0.933. The molecule has 110 valence electrons. The SMILES string of the molecule is C/C(=C\C(=O)NO)C[C@@H](O)c1ccc(OCCO)cc1. The molecular formula is C14H19NO5. The molecule has 0 aliphatic carbocycles. The molecule has 0 unspecified atom stereocenters. The molecule has 0 saturated heterocycles. The summed E-state index contributed by atoms with van der Waals surface area (Å²) in [7, 11) is 0. The van der Waals surface area contributed by atoms with Crippen molar-refractivity contribution in [3.63, 3.8) is 0 Å². The van der Waals surface area contributed by atoms with Crippen LogP contribution in [0.25, 0.3) is 0 Å². The van der Waals surface area contributed by atoms with Gasteiger partial charge in [0.25, 0.3) is 5.91 Å². The van der Waals surface area contributed by atoms with Gasteiger partial charge >= 0.3 is 0 Å². The Morgan fingerprint density at radius 3 is 2.60 bits per heavy atom. The number of hydrogen-bond donors (Lipinski definition) is 4. The average Bonchev–Trinajstić information content (AvgIpc) is 2.45. The van der Waals surface area contributed by atoms with Crippen LogP contribution in [0.5, 0.6) is 5.75 Å². The molecule has 20 heavy (non-hydrogen) atoms. The highest BCUT2D eigenvalue weighted by molar-refractivity contribution is 5.87. The highest BCUT2D eigenvalue weighted by atomic mass is 16.5. The summed E-state index contributed by atoms with van der Waals surface area (Å²) in [5.74, 6) is -0.00984. The fraction of sp³-hybridized carbons (Fsp3) is 0.357. The molecule has 0 saturated carbocycles. The van der Waals surface area contributed by atoms with E-state index in [0.717, 1.165) is 0 Å². The van der Waals surface area contributed by atoms with E-state index < -0.39 is 12.0 Å². The molecule has 6 nitrogen and oxygen atoms in total. The summed E-state index contributed by atoms with van der Waals surface area (Å²) in [6, 6.07) is 6.84. The zero-order chi connectivity index (χ0) is 15.0. The second-order valence-corrected chi connectivity index (χ2v) is 4.33. The van der Waals surface area contributed by atoms with Crippen LogP contribution < -0.4 is 10.2 Å². The van der Waals surface area contributed by atoms with Crippen LogP contribution in [-0.4, -0.2) is 34.5 Å². The van der Waals surface area contributed by atoms with Gasteiger partial charge in [-0.25, -0.2) is 5.48 Å². The van der Waals surface area contributed by atoms with Gasteiger partial charge in [-0.2, -0.15) is 0 Å². The Bertz CT molecular complexity index is 455. The molecule has 0 spiro atoms. The molecule has 1 aromatic rings. The maximum Gasteiger partial charge on any atom is 0.267 e. The highest BCUT2D eigenvalue weighted by Crippen LogP contribution is 2.23. The van der Waals surface area contributed by atoms with E-state index in [2.05, 4.69) is 0 Å². The second kappa shape index (κ2) is 8.31. The zero-order valence-corrected chi connectivity index (χ0v) is 11.2. The van der Waals surface area contributed by atoms with Gasteiger partial charge in [-0.3, -0.25) is 10.0 Å². The Kier molecular flexibility index (Phi) is 6.72. The van der Waals surface area contributed by atoms with Gasteiger partial charge in [-0.15, -0.1) is 0 Å². The standard InChI is InChI=1S/C14H19NO5/c1-10(9-14(18)15-19)8-13(17)11-2-4-12(5-3-11)20-7-6-16/h2-5,9,13,16-17,19H,6-8H2,1H3,(H,15,18)/b10-9+/t13-/m1/s1. The molecule has 0 radical (unpaired) electrons. The van der Waals surface area contributed by atoms with E-state index in [9.17, 15) is 9.90 Å². The van der Waals surface area contributed by atoms with E-state index in [1.807, 2.05) is 0 Å². The van der Waals surface area contributed by atoms with E-state index in [-0.39, 0.29) is 19.6 Å². The summed E-state index contributed by atoms with van der Waals surface area (Å²) >= 11 is 0. The first-order chi connectivity index (χ1) is 9.56. The Hall–Kier alpha value is -1.89. The van der Waals surface area contributed by atoms with Crippen LogP contribution in [0.1, 0.15) is 25.0 Å². The zero-order valence-electron chi connectivity index (χ0n) is 11.2. The van der Waals surface area contributed by atoms with Crippen molar-refractivity contribution < 1.29 is 25.0 Å². The first-order valence-corrected chi connectivity index (χ1v) is 6.19. The fourth-order valence-corrected chi connectivity index (χ4v) is 1.69. The number of hydrogen-bond acceptors (Lipinski definition) is 5. The molecule has 4 N–H and O–H groups in total. The largest absolute Gasteiger partial charge is 0.491 e.